The largest absolute Gasteiger partial charge is 0.310 e. The molecule has 1 rings (SSSR count). The summed E-state index contributed by atoms with van der Waals surface area (Å²) in [7, 11) is -9.81. The van der Waals surface area contributed by atoms with Crippen molar-refractivity contribution in [3.63, 3.8) is 0 Å². The molecule has 0 aliphatic heterocycles. The summed E-state index contributed by atoms with van der Waals surface area (Å²) in [6.07, 6.45) is 0. The van der Waals surface area contributed by atoms with Gasteiger partial charge in [0.05, 0.1) is 5.33 Å². The van der Waals surface area contributed by atoms with Crippen molar-refractivity contribution in [1.29, 1.82) is 0 Å². The molecule has 1 aromatic rings. The second kappa shape index (κ2) is 3.58. The maximum Gasteiger partial charge on any atom is 0.310 e. The number of carbonyl (C=O) groups excluding carboxylic acids is 1. The van der Waals surface area contributed by atoms with E-state index in [0.29, 0.717) is 0 Å². The molecule has 0 aliphatic carbocycles. The average molecular weight is 360 g/mol. The van der Waals surface area contributed by atoms with Crippen molar-refractivity contribution < 1.29 is 24.2 Å². The first-order valence-corrected chi connectivity index (χ1v) is 7.42. The van der Waals surface area contributed by atoms with Gasteiger partial charge in [0.1, 0.15) is 4.90 Å². The highest BCUT2D eigenvalue weighted by Crippen LogP contribution is 3.02. The van der Waals surface area contributed by atoms with Crippen LogP contribution in [0.15, 0.2) is 23.1 Å². The fourth-order valence-corrected chi connectivity index (χ4v) is 2.35. The number of hydrogen-bond acceptors (Lipinski definition) is 1. The van der Waals surface area contributed by atoms with Crippen molar-refractivity contribution in [2.75, 3.05) is 5.33 Å². The fourth-order valence-electron chi connectivity index (χ4n) is 1.02. The van der Waals surface area contributed by atoms with E-state index >= 15 is 0 Å². The minimum absolute atomic E-state index is 0.105. The SMILES string of the molecule is O=C(CBr)c1cc(Cl)cc(S(F)(F)(F)(F)F)c1. The molecule has 0 saturated heterocycles. The van der Waals surface area contributed by atoms with Gasteiger partial charge in [-0.3, -0.25) is 4.79 Å². The lowest BCUT2D eigenvalue weighted by molar-refractivity contribution is 0.102. The third-order valence-corrected chi connectivity index (χ3v) is 3.61. The third kappa shape index (κ3) is 3.82. The Hall–Kier alpha value is -0.340. The lowest BCUT2D eigenvalue weighted by Gasteiger charge is -2.40. The predicted molar refractivity (Wildman–Crippen MR) is 61.0 cm³/mol. The highest BCUT2D eigenvalue weighted by Gasteiger charge is 2.65. The minimum atomic E-state index is -9.81. The number of Topliss-reactive ketones (excluding diaryl/α,β-unsaturated/α-hetero) is 1. The Labute approximate surface area is 107 Å². The van der Waals surface area contributed by atoms with Crippen LogP contribution in [0.1, 0.15) is 10.4 Å². The van der Waals surface area contributed by atoms with E-state index in [4.69, 9.17) is 11.6 Å². The summed E-state index contributed by atoms with van der Waals surface area (Å²) >= 11 is 8.03. The maximum atomic E-state index is 12.5. The molecule has 9 heteroatoms. The quantitative estimate of drug-likeness (QED) is 0.391. The van der Waals surface area contributed by atoms with Crippen molar-refractivity contribution in [1.82, 2.24) is 0 Å². The van der Waals surface area contributed by atoms with Gasteiger partial charge < -0.3 is 0 Å². The number of halogens is 7. The van der Waals surface area contributed by atoms with E-state index in [1.807, 2.05) is 0 Å². The molecule has 0 atom stereocenters. The molecular formula is C8H5BrClF5OS. The second-order valence-corrected chi connectivity index (χ2v) is 6.61. The fraction of sp³-hybridized carbons (Fsp3) is 0.125. The summed E-state index contributed by atoms with van der Waals surface area (Å²) < 4.78 is 62.5. The van der Waals surface area contributed by atoms with Gasteiger partial charge in [-0.1, -0.05) is 47.0 Å². The Morgan fingerprint density at radius 3 is 2.12 bits per heavy atom. The molecule has 0 heterocycles. The summed E-state index contributed by atoms with van der Waals surface area (Å²) in [4.78, 5) is 8.98. The zero-order chi connectivity index (χ0) is 13.5. The first-order chi connectivity index (χ1) is 7.33. The molecule has 0 bridgehead atoms. The molecule has 1 nitrogen and oxygen atoms in total. The third-order valence-electron chi connectivity index (χ3n) is 1.76. The molecule has 0 aliphatic rings. The molecule has 0 unspecified atom stereocenters. The smallest absolute Gasteiger partial charge is 0.293 e. The van der Waals surface area contributed by atoms with Crippen LogP contribution in [0.3, 0.4) is 0 Å². The van der Waals surface area contributed by atoms with Crippen molar-refractivity contribution in [2.45, 2.75) is 4.90 Å². The van der Waals surface area contributed by atoms with Gasteiger partial charge in [-0.25, -0.2) is 0 Å². The molecule has 17 heavy (non-hydrogen) atoms. The predicted octanol–water partition coefficient (Wildman–Crippen LogP) is 5.58. The van der Waals surface area contributed by atoms with E-state index in [0.717, 1.165) is 6.07 Å². The van der Waals surface area contributed by atoms with Gasteiger partial charge in [0.25, 0.3) is 0 Å². The minimum Gasteiger partial charge on any atom is -0.293 e. The highest BCUT2D eigenvalue weighted by molar-refractivity contribution is 9.09. The summed E-state index contributed by atoms with van der Waals surface area (Å²) in [5, 5.41) is -0.854. The van der Waals surface area contributed by atoms with E-state index in [2.05, 4.69) is 15.9 Å². The van der Waals surface area contributed by atoms with Gasteiger partial charge in [-0.15, -0.1) is 0 Å². The van der Waals surface area contributed by atoms with Gasteiger partial charge in [-0.05, 0) is 18.2 Å². The molecule has 0 amide bonds. The van der Waals surface area contributed by atoms with Crippen molar-refractivity contribution in [3.8, 4) is 0 Å². The Morgan fingerprint density at radius 2 is 1.71 bits per heavy atom. The van der Waals surface area contributed by atoms with Crippen LogP contribution in [-0.4, -0.2) is 11.1 Å². The monoisotopic (exact) mass is 358 g/mol. The van der Waals surface area contributed by atoms with E-state index in [1.54, 1.807) is 0 Å². The molecule has 0 aromatic heterocycles. The summed E-state index contributed by atoms with van der Waals surface area (Å²) in [5.74, 6) is -0.768. The van der Waals surface area contributed by atoms with Crippen molar-refractivity contribution in [2.24, 2.45) is 0 Å². The lowest BCUT2D eigenvalue weighted by atomic mass is 10.1. The second-order valence-electron chi connectivity index (χ2n) is 3.20. The Morgan fingerprint density at radius 1 is 1.18 bits per heavy atom. The standard InChI is InChI=1S/C8H5BrClF5OS/c9-4-8(16)5-1-6(10)3-7(2-5)17(11,12,13,14)15/h1-3H,4H2. The van der Waals surface area contributed by atoms with Gasteiger partial charge in [-0.2, -0.15) is 0 Å². The number of ketones is 1. The van der Waals surface area contributed by atoms with E-state index in [-0.39, 0.29) is 17.5 Å². The van der Waals surface area contributed by atoms with Crippen molar-refractivity contribution >= 4 is 43.5 Å². The number of benzene rings is 1. The van der Waals surface area contributed by atoms with Gasteiger partial charge >= 0.3 is 10.2 Å². The average Bonchev–Trinajstić information content (AvgIpc) is 2.12. The van der Waals surface area contributed by atoms with Crippen LogP contribution < -0.4 is 0 Å². The highest BCUT2D eigenvalue weighted by atomic mass is 79.9. The van der Waals surface area contributed by atoms with Crippen LogP contribution in [-0.2, 0) is 0 Å². The Balaban J connectivity index is 3.50. The summed E-state index contributed by atoms with van der Waals surface area (Å²) in [5.41, 5.74) is -0.516. The Bertz CT molecular complexity index is 486. The first kappa shape index (κ1) is 14.7. The van der Waals surface area contributed by atoms with Gasteiger partial charge in [0.15, 0.2) is 5.78 Å². The van der Waals surface area contributed by atoms with Gasteiger partial charge in [0, 0.05) is 10.6 Å². The first-order valence-electron chi connectivity index (χ1n) is 3.97. The van der Waals surface area contributed by atoms with Gasteiger partial charge in [0.2, 0.25) is 0 Å². The number of carbonyl (C=O) groups is 1. The van der Waals surface area contributed by atoms with E-state index in [9.17, 15) is 24.2 Å². The van der Waals surface area contributed by atoms with Crippen LogP contribution in [0.2, 0.25) is 5.02 Å². The zero-order valence-electron chi connectivity index (χ0n) is 7.90. The normalized spacial score (nSPS) is 16.2. The van der Waals surface area contributed by atoms with Crippen molar-refractivity contribution in [3.05, 3.63) is 28.8 Å². The number of rotatable bonds is 3. The number of hydrogen-bond donors (Lipinski definition) is 0. The maximum absolute atomic E-state index is 12.5. The summed E-state index contributed by atoms with van der Waals surface area (Å²) in [6.45, 7) is 0. The lowest BCUT2D eigenvalue weighted by Crippen LogP contribution is -2.08. The van der Waals surface area contributed by atoms with Crippen LogP contribution in [0, 0.1) is 0 Å². The molecule has 98 valence electrons. The molecular weight excluding hydrogens is 355 g/mol. The Kier molecular flexibility index (Phi) is 3.10. The van der Waals surface area contributed by atoms with E-state index < -0.39 is 31.5 Å². The molecule has 0 saturated carbocycles. The zero-order valence-corrected chi connectivity index (χ0v) is 11.1. The van der Waals surface area contributed by atoms with Crippen LogP contribution in [0.5, 0.6) is 0 Å². The summed E-state index contributed by atoms with van der Waals surface area (Å²) in [6, 6.07) is 1.11. The molecule has 1 aromatic carbocycles. The van der Waals surface area contributed by atoms with Crippen LogP contribution in [0.25, 0.3) is 0 Å². The van der Waals surface area contributed by atoms with Crippen LogP contribution in [0.4, 0.5) is 19.4 Å². The van der Waals surface area contributed by atoms with Crippen LogP contribution >= 0.6 is 37.8 Å². The molecule has 0 spiro atoms. The molecule has 0 radical (unpaired) electrons. The van der Waals surface area contributed by atoms with E-state index in [1.165, 1.54) is 0 Å². The topological polar surface area (TPSA) is 17.1 Å². The molecule has 0 N–H and O–H groups in total. The number of alkyl halides is 1. The molecule has 0 fully saturated rings.